The lowest BCUT2D eigenvalue weighted by atomic mass is 9.62. The van der Waals surface area contributed by atoms with Crippen molar-refractivity contribution in [3.05, 3.63) is 160 Å². The molecular formula is C63H67N3O8. The minimum Gasteiger partial charge on any atom is -0.508 e. The molecule has 1 saturated carbocycles. The fourth-order valence-electron chi connectivity index (χ4n) is 12.3. The summed E-state index contributed by atoms with van der Waals surface area (Å²) in [5.41, 5.74) is 9.12. The van der Waals surface area contributed by atoms with Crippen molar-refractivity contribution in [3.8, 4) is 51.7 Å². The van der Waals surface area contributed by atoms with Crippen molar-refractivity contribution in [1.82, 2.24) is 10.3 Å². The SMILES string of the molecule is CCc1cc2c([n-]1)N1CCNC3C#CC(Cc4cccc-2c4)c2c(c(OC)c(OCCC(O)C=Cc4ccccc4)c4c2OC(c2ccc(O)cc2)CC4=[OH+])OCC(CO)Cc2ccc(cc2)C2(CCCCC2)C31. The maximum absolute atomic E-state index is 12.5. The zero-order chi connectivity index (χ0) is 50.8. The number of benzene rings is 5. The second kappa shape index (κ2) is 21.5. The lowest BCUT2D eigenvalue weighted by Crippen LogP contribution is -2.66. The Morgan fingerprint density at radius 2 is 1.72 bits per heavy atom. The average molecular weight is 994 g/mol. The Bertz CT molecular complexity index is 3060. The first-order chi connectivity index (χ1) is 36.2. The number of ether oxygens (including phenoxy) is 4. The van der Waals surface area contributed by atoms with E-state index in [1.807, 2.05) is 48.5 Å². The fraction of sp³-hybridized carbons (Fsp3) is 0.381. The van der Waals surface area contributed by atoms with Gasteiger partial charge in [0.05, 0.1) is 44.0 Å². The normalized spacial score (nSPS) is 22.3. The van der Waals surface area contributed by atoms with Gasteiger partial charge in [0.1, 0.15) is 24.0 Å². The van der Waals surface area contributed by atoms with Crippen molar-refractivity contribution in [1.29, 1.82) is 0 Å². The molecule has 74 heavy (non-hydrogen) atoms. The van der Waals surface area contributed by atoms with Gasteiger partial charge in [-0.15, -0.1) is 0 Å². The number of carbonyl (C=O) groups excluding carboxylic acids is 1. The minimum absolute atomic E-state index is 0.0308. The fourth-order valence-corrected chi connectivity index (χ4v) is 12.3. The monoisotopic (exact) mass is 993 g/mol. The number of hydrogen-bond acceptors (Lipinski definition) is 9. The zero-order valence-electron chi connectivity index (χ0n) is 42.4. The van der Waals surface area contributed by atoms with Crippen molar-refractivity contribution in [2.75, 3.05) is 44.9 Å². The summed E-state index contributed by atoms with van der Waals surface area (Å²) in [6, 6.07) is 36.4. The highest BCUT2D eigenvalue weighted by atomic mass is 16.5. The lowest BCUT2D eigenvalue weighted by molar-refractivity contribution is 0.152. The smallest absolute Gasteiger partial charge is 0.335 e. The van der Waals surface area contributed by atoms with Crippen molar-refractivity contribution in [3.63, 3.8) is 0 Å². The number of hydrogen-bond donors (Lipinski definition) is 4. The third-order valence-corrected chi connectivity index (χ3v) is 16.1. The second-order valence-corrected chi connectivity index (χ2v) is 20.8. The quantitative estimate of drug-likeness (QED) is 0.0773. The summed E-state index contributed by atoms with van der Waals surface area (Å²) in [4.78, 5) is 20.6. The van der Waals surface area contributed by atoms with E-state index in [0.29, 0.717) is 42.0 Å². The third kappa shape index (κ3) is 9.67. The number of methoxy groups -OCH3 is 1. The Hall–Kier alpha value is -6.97. The molecule has 11 nitrogen and oxygen atoms in total. The van der Waals surface area contributed by atoms with Crippen molar-refractivity contribution in [2.45, 2.75) is 107 Å². The number of aliphatic hydroxyl groups excluding tert-OH is 2. The van der Waals surface area contributed by atoms with Crippen molar-refractivity contribution >= 4 is 17.7 Å². The van der Waals surface area contributed by atoms with E-state index in [-0.39, 0.29) is 79.1 Å². The minimum atomic E-state index is -0.831. The maximum atomic E-state index is 12.5. The molecule has 382 valence electrons. The molecule has 5 aliphatic heterocycles. The second-order valence-electron chi connectivity index (χ2n) is 20.8. The zero-order valence-corrected chi connectivity index (χ0v) is 42.4. The highest BCUT2D eigenvalue weighted by molar-refractivity contribution is 6.05. The first kappa shape index (κ1) is 49.3. The van der Waals surface area contributed by atoms with Gasteiger partial charge in [-0.1, -0.05) is 159 Å². The van der Waals surface area contributed by atoms with E-state index in [1.54, 1.807) is 25.3 Å². The Morgan fingerprint density at radius 1 is 0.905 bits per heavy atom. The Labute approximate surface area is 434 Å². The number of anilines is 1. The van der Waals surface area contributed by atoms with Crippen LogP contribution in [0.3, 0.4) is 0 Å². The largest absolute Gasteiger partial charge is 0.508 e. The summed E-state index contributed by atoms with van der Waals surface area (Å²) in [7, 11) is 1.57. The van der Waals surface area contributed by atoms with Crippen LogP contribution in [-0.4, -0.2) is 84.1 Å². The van der Waals surface area contributed by atoms with E-state index >= 15 is 0 Å². The molecule has 6 aliphatic rings. The van der Waals surface area contributed by atoms with E-state index < -0.39 is 18.1 Å². The van der Waals surface area contributed by atoms with Gasteiger partial charge < -0.3 is 49.5 Å². The molecule has 12 rings (SSSR count). The Kier molecular flexibility index (Phi) is 14.3. The van der Waals surface area contributed by atoms with Gasteiger partial charge in [-0.3, -0.25) is 4.79 Å². The highest BCUT2D eigenvalue weighted by Gasteiger charge is 2.47. The number of nitrogens with zero attached hydrogens (tertiary/aromatic N) is 2. The molecule has 0 amide bonds. The number of piperazine rings is 1. The molecule has 0 radical (unpaired) electrons. The van der Waals surface area contributed by atoms with Crippen LogP contribution in [0.15, 0.2) is 115 Å². The van der Waals surface area contributed by atoms with Gasteiger partial charge in [0, 0.05) is 18.9 Å². The number of rotatable bonds is 10. The molecule has 2 fully saturated rings. The van der Waals surface area contributed by atoms with Gasteiger partial charge in [0.2, 0.25) is 5.75 Å². The molecule has 6 aromatic rings. The summed E-state index contributed by atoms with van der Waals surface area (Å²) in [5.74, 6) is 9.30. The Balaban J connectivity index is 1.14. The van der Waals surface area contributed by atoms with E-state index in [0.717, 1.165) is 83.5 Å². The van der Waals surface area contributed by atoms with Crippen LogP contribution in [0.25, 0.3) is 17.2 Å². The van der Waals surface area contributed by atoms with E-state index in [4.69, 9.17) is 23.9 Å². The predicted octanol–water partition coefficient (Wildman–Crippen LogP) is 9.78. The maximum Gasteiger partial charge on any atom is 0.335 e. The molecule has 11 heteroatoms. The molecule has 6 unspecified atom stereocenters. The van der Waals surface area contributed by atoms with Crippen LogP contribution in [0, 0.1) is 17.8 Å². The molecule has 6 atom stereocenters. The first-order valence-corrected chi connectivity index (χ1v) is 26.7. The van der Waals surface area contributed by atoms with Crippen molar-refractivity contribution in [2.24, 2.45) is 5.92 Å². The summed E-state index contributed by atoms with van der Waals surface area (Å²) < 4.78 is 27.5. The predicted molar refractivity (Wildman–Crippen MR) is 289 cm³/mol. The van der Waals surface area contributed by atoms with Gasteiger partial charge in [-0.25, -0.2) is 0 Å². The summed E-state index contributed by atoms with van der Waals surface area (Å²) in [6.07, 6.45) is 9.71. The summed E-state index contributed by atoms with van der Waals surface area (Å²) in [5, 5.41) is 36.6. The van der Waals surface area contributed by atoms with Crippen LogP contribution >= 0.6 is 0 Å². The number of aromatic nitrogens is 1. The standard InChI is InChI=1S/C63H66N3O8/c1-3-48-36-51-45-14-10-13-42(34-45)35-46-20-26-52-61(66(31-30-64-52)62(51)65-48)63(28-8-5-9-29-63)47-21-15-41(16-22-47)33-43(38-67)39-73-58-55(46)57-56(53(70)37-54(74-57)44-18-24-49(68)25-19-44)59(60(58)71-2)72-32-27-50(69)23-17-40-11-6-4-7-12-40/h4,6-7,10-19,21-25,34,36,43,46,50,52,54,61,64,67-69H,3,5,8-9,27-33,35,37-39H2,1-2H3/q-1/p+1. The van der Waals surface area contributed by atoms with Crippen molar-refractivity contribution < 1.29 is 39.1 Å². The number of aryl methyl sites for hydroxylation is 1. The highest BCUT2D eigenvalue weighted by Crippen LogP contribution is 2.56. The van der Waals surface area contributed by atoms with Crippen LogP contribution in [0.4, 0.5) is 5.82 Å². The number of phenols is 1. The summed E-state index contributed by atoms with van der Waals surface area (Å²) >= 11 is 0. The van der Waals surface area contributed by atoms with Crippen LogP contribution < -0.4 is 34.1 Å². The third-order valence-electron chi connectivity index (χ3n) is 16.1. The molecular weight excluding hydrogens is 927 g/mol. The van der Waals surface area contributed by atoms with Gasteiger partial charge in [0.25, 0.3) is 0 Å². The number of fused-ring (bicyclic) bond motifs is 11. The molecule has 1 spiro atoms. The number of aromatic hydroxyl groups is 1. The van der Waals surface area contributed by atoms with E-state index in [2.05, 4.69) is 83.6 Å². The number of phenolic OH excluding ortho intramolecular Hbond substituents is 1. The van der Waals surface area contributed by atoms with Crippen LogP contribution in [0.2, 0.25) is 0 Å². The van der Waals surface area contributed by atoms with Gasteiger partial charge in [0.15, 0.2) is 17.1 Å². The molecule has 1 saturated heterocycles. The number of ketones is 1. The topological polar surface area (TPSA) is 148 Å². The van der Waals surface area contributed by atoms with E-state index in [1.165, 1.54) is 12.0 Å². The molecule has 1 aliphatic carbocycles. The molecule has 5 N–H and O–H groups in total. The van der Waals surface area contributed by atoms with Gasteiger partial charge in [-0.2, -0.15) is 0 Å². The molecule has 1 aromatic heterocycles. The number of nitrogens with one attached hydrogen (secondary N) is 1. The first-order valence-electron chi connectivity index (χ1n) is 26.7. The average Bonchev–Trinajstić information content (AvgIpc) is 3.88. The van der Waals surface area contributed by atoms with Crippen LogP contribution in [0.5, 0.6) is 28.7 Å². The van der Waals surface area contributed by atoms with Gasteiger partial charge in [-0.05, 0) is 108 Å². The van der Waals surface area contributed by atoms with Crippen LogP contribution in [0.1, 0.15) is 109 Å². The van der Waals surface area contributed by atoms with E-state index in [9.17, 15) is 20.1 Å². The molecule has 5 aromatic carbocycles. The van der Waals surface area contributed by atoms with Gasteiger partial charge >= 0.3 is 5.78 Å². The lowest BCUT2D eigenvalue weighted by Gasteiger charge is -2.58. The summed E-state index contributed by atoms with van der Waals surface area (Å²) in [6.45, 7) is 3.71. The number of aliphatic hydroxyl groups is 2. The Morgan fingerprint density at radius 3 is 2.49 bits per heavy atom. The molecule has 8 bridgehead atoms. The molecule has 6 heterocycles. The van der Waals surface area contributed by atoms with Crippen LogP contribution in [-0.2, 0) is 24.7 Å².